The van der Waals surface area contributed by atoms with Crippen LogP contribution in [0.25, 0.3) is 0 Å². The van der Waals surface area contributed by atoms with Gasteiger partial charge in [-0.2, -0.15) is 10.4 Å². The molecule has 0 aliphatic heterocycles. The minimum Gasteiger partial charge on any atom is -0.249 e. The van der Waals surface area contributed by atoms with Crippen LogP contribution >= 0.6 is 15.9 Å². The summed E-state index contributed by atoms with van der Waals surface area (Å²) in [5.41, 5.74) is 1.59. The van der Waals surface area contributed by atoms with Crippen molar-refractivity contribution in [2.75, 3.05) is 0 Å². The summed E-state index contributed by atoms with van der Waals surface area (Å²) in [6, 6.07) is 7.71. The van der Waals surface area contributed by atoms with E-state index in [1.165, 1.54) is 6.33 Å². The highest BCUT2D eigenvalue weighted by Crippen LogP contribution is 2.16. The molecule has 0 spiro atoms. The van der Waals surface area contributed by atoms with Crippen LogP contribution in [0, 0.1) is 11.3 Å². The molecule has 1 aromatic heterocycles. The Morgan fingerprint density at radius 3 is 3.00 bits per heavy atom. The van der Waals surface area contributed by atoms with Crippen LogP contribution in [0.2, 0.25) is 0 Å². The second-order valence-corrected chi connectivity index (χ2v) is 3.92. The van der Waals surface area contributed by atoms with Crippen molar-refractivity contribution in [1.82, 2.24) is 14.8 Å². The van der Waals surface area contributed by atoms with E-state index in [4.69, 9.17) is 5.26 Å². The van der Waals surface area contributed by atoms with E-state index in [-0.39, 0.29) is 0 Å². The van der Waals surface area contributed by atoms with Gasteiger partial charge in [0.05, 0.1) is 18.2 Å². The molecule has 74 valence electrons. The maximum atomic E-state index is 8.93. The molecule has 1 aromatic carbocycles. The van der Waals surface area contributed by atoms with Crippen LogP contribution in [0.3, 0.4) is 0 Å². The molecule has 0 amide bonds. The van der Waals surface area contributed by atoms with Crippen LogP contribution in [0.15, 0.2) is 35.3 Å². The molecule has 4 nitrogen and oxygen atoms in total. The molecular weight excluding hydrogens is 256 g/mol. The number of halogens is 1. The Labute approximate surface area is 95.3 Å². The van der Waals surface area contributed by atoms with Crippen LogP contribution in [0.4, 0.5) is 0 Å². The SMILES string of the molecule is N#Cc1ccc(Br)cc1Cn1cncn1. The lowest BCUT2D eigenvalue weighted by atomic mass is 10.1. The molecule has 0 atom stereocenters. The van der Waals surface area contributed by atoms with Crippen molar-refractivity contribution in [3.63, 3.8) is 0 Å². The first-order valence-corrected chi connectivity index (χ1v) is 5.10. The van der Waals surface area contributed by atoms with Crippen LogP contribution in [-0.2, 0) is 6.54 Å². The van der Waals surface area contributed by atoms with Crippen molar-refractivity contribution in [3.05, 3.63) is 46.5 Å². The largest absolute Gasteiger partial charge is 0.249 e. The number of hydrogen-bond donors (Lipinski definition) is 0. The van der Waals surface area contributed by atoms with Crippen LogP contribution in [0.1, 0.15) is 11.1 Å². The standard InChI is InChI=1S/C10H7BrN4/c11-10-2-1-8(4-12)9(3-10)5-15-7-13-6-14-15/h1-3,6-7H,5H2. The molecule has 0 aliphatic carbocycles. The fourth-order valence-corrected chi connectivity index (χ4v) is 1.70. The highest BCUT2D eigenvalue weighted by Gasteiger charge is 2.03. The van der Waals surface area contributed by atoms with Crippen LogP contribution < -0.4 is 0 Å². The van der Waals surface area contributed by atoms with Crippen LogP contribution in [-0.4, -0.2) is 14.8 Å². The average Bonchev–Trinajstić information content (AvgIpc) is 2.71. The minimum atomic E-state index is 0.558. The molecule has 0 N–H and O–H groups in total. The Bertz CT molecular complexity index is 499. The summed E-state index contributed by atoms with van der Waals surface area (Å²) in [5, 5.41) is 12.9. The lowest BCUT2D eigenvalue weighted by molar-refractivity contribution is 0.683. The molecule has 0 aliphatic rings. The van der Waals surface area contributed by atoms with Crippen molar-refractivity contribution >= 4 is 15.9 Å². The molecule has 5 heteroatoms. The Kier molecular flexibility index (Phi) is 2.79. The third kappa shape index (κ3) is 2.22. The van der Waals surface area contributed by atoms with Gasteiger partial charge in [0.2, 0.25) is 0 Å². The van der Waals surface area contributed by atoms with Gasteiger partial charge >= 0.3 is 0 Å². The molecule has 0 bridgehead atoms. The number of nitrogens with zero attached hydrogens (tertiary/aromatic N) is 4. The third-order valence-corrected chi connectivity index (χ3v) is 2.48. The number of benzene rings is 1. The zero-order valence-electron chi connectivity index (χ0n) is 7.76. The van der Waals surface area contributed by atoms with Gasteiger partial charge in [-0.25, -0.2) is 9.67 Å². The summed E-state index contributed by atoms with van der Waals surface area (Å²) in [7, 11) is 0. The average molecular weight is 263 g/mol. The fourth-order valence-electron chi connectivity index (χ4n) is 1.29. The molecule has 1 heterocycles. The second kappa shape index (κ2) is 4.24. The molecule has 0 fully saturated rings. The first-order chi connectivity index (χ1) is 7.29. The van der Waals surface area contributed by atoms with E-state index in [9.17, 15) is 0 Å². The molecule has 2 aromatic rings. The fraction of sp³-hybridized carbons (Fsp3) is 0.100. The minimum absolute atomic E-state index is 0.558. The zero-order chi connectivity index (χ0) is 10.7. The Morgan fingerprint density at radius 2 is 2.33 bits per heavy atom. The van der Waals surface area contributed by atoms with Crippen molar-refractivity contribution in [3.8, 4) is 6.07 Å². The van der Waals surface area contributed by atoms with Crippen molar-refractivity contribution in [1.29, 1.82) is 5.26 Å². The van der Waals surface area contributed by atoms with E-state index in [1.807, 2.05) is 12.1 Å². The topological polar surface area (TPSA) is 54.5 Å². The molecule has 0 saturated carbocycles. The van der Waals surface area contributed by atoms with Gasteiger partial charge in [-0.05, 0) is 23.8 Å². The van der Waals surface area contributed by atoms with E-state index in [2.05, 4.69) is 32.1 Å². The summed E-state index contributed by atoms with van der Waals surface area (Å²) < 4.78 is 2.64. The Hall–Kier alpha value is -1.67. The van der Waals surface area contributed by atoms with Gasteiger partial charge in [0, 0.05) is 4.47 Å². The highest BCUT2D eigenvalue weighted by atomic mass is 79.9. The lowest BCUT2D eigenvalue weighted by Gasteiger charge is -2.04. The maximum Gasteiger partial charge on any atom is 0.137 e. The quantitative estimate of drug-likeness (QED) is 0.832. The summed E-state index contributed by atoms with van der Waals surface area (Å²) in [6.07, 6.45) is 3.10. The Morgan fingerprint density at radius 1 is 1.47 bits per heavy atom. The third-order valence-electron chi connectivity index (χ3n) is 1.99. The van der Waals surface area contributed by atoms with Gasteiger partial charge in [-0.3, -0.25) is 0 Å². The van der Waals surface area contributed by atoms with Gasteiger partial charge in [-0.15, -0.1) is 0 Å². The molecule has 0 unspecified atom stereocenters. The highest BCUT2D eigenvalue weighted by molar-refractivity contribution is 9.10. The van der Waals surface area contributed by atoms with Gasteiger partial charge in [-0.1, -0.05) is 15.9 Å². The number of hydrogen-bond acceptors (Lipinski definition) is 3. The number of rotatable bonds is 2. The van der Waals surface area contributed by atoms with Gasteiger partial charge in [0.1, 0.15) is 12.7 Å². The van der Waals surface area contributed by atoms with E-state index >= 15 is 0 Å². The van der Waals surface area contributed by atoms with Crippen molar-refractivity contribution < 1.29 is 0 Å². The number of nitriles is 1. The summed E-state index contributed by atoms with van der Waals surface area (Å²) in [6.45, 7) is 0.558. The first kappa shape index (κ1) is 9.87. The smallest absolute Gasteiger partial charge is 0.137 e. The van der Waals surface area contributed by atoms with E-state index in [1.54, 1.807) is 17.1 Å². The van der Waals surface area contributed by atoms with E-state index in [0.717, 1.165) is 10.0 Å². The molecular formula is C10H7BrN4. The normalized spacial score (nSPS) is 9.87. The van der Waals surface area contributed by atoms with Crippen LogP contribution in [0.5, 0.6) is 0 Å². The van der Waals surface area contributed by atoms with Gasteiger partial charge < -0.3 is 0 Å². The van der Waals surface area contributed by atoms with E-state index < -0.39 is 0 Å². The van der Waals surface area contributed by atoms with Crippen molar-refractivity contribution in [2.24, 2.45) is 0 Å². The zero-order valence-corrected chi connectivity index (χ0v) is 9.35. The molecule has 0 radical (unpaired) electrons. The predicted molar refractivity (Wildman–Crippen MR) is 58.0 cm³/mol. The molecule has 15 heavy (non-hydrogen) atoms. The molecule has 2 rings (SSSR count). The predicted octanol–water partition coefficient (Wildman–Crippen LogP) is 1.96. The monoisotopic (exact) mass is 262 g/mol. The maximum absolute atomic E-state index is 8.93. The summed E-state index contributed by atoms with van der Waals surface area (Å²) in [4.78, 5) is 3.85. The first-order valence-electron chi connectivity index (χ1n) is 4.30. The lowest BCUT2D eigenvalue weighted by Crippen LogP contribution is -2.02. The second-order valence-electron chi connectivity index (χ2n) is 3.01. The van der Waals surface area contributed by atoms with E-state index in [0.29, 0.717) is 12.1 Å². The number of aromatic nitrogens is 3. The van der Waals surface area contributed by atoms with Crippen molar-refractivity contribution in [2.45, 2.75) is 6.54 Å². The summed E-state index contributed by atoms with van der Waals surface area (Å²) >= 11 is 3.37. The van der Waals surface area contributed by atoms with Gasteiger partial charge in [0.25, 0.3) is 0 Å². The summed E-state index contributed by atoms with van der Waals surface area (Å²) in [5.74, 6) is 0. The molecule has 0 saturated heterocycles. The van der Waals surface area contributed by atoms with Gasteiger partial charge in [0.15, 0.2) is 0 Å². The Balaban J connectivity index is 2.35.